The van der Waals surface area contributed by atoms with Crippen LogP contribution >= 0.6 is 12.6 Å². The SMILES string of the molecule is Cc1ccc(S)cc1C(=O)OC1CCCC1. The second-order valence-corrected chi connectivity index (χ2v) is 4.83. The van der Waals surface area contributed by atoms with Crippen LogP contribution in [0.25, 0.3) is 0 Å². The van der Waals surface area contributed by atoms with Gasteiger partial charge >= 0.3 is 5.97 Å². The lowest BCUT2D eigenvalue weighted by Crippen LogP contribution is -2.15. The van der Waals surface area contributed by atoms with E-state index in [9.17, 15) is 4.79 Å². The van der Waals surface area contributed by atoms with Crippen molar-refractivity contribution < 1.29 is 9.53 Å². The fourth-order valence-electron chi connectivity index (χ4n) is 2.05. The van der Waals surface area contributed by atoms with Crippen LogP contribution in [0.1, 0.15) is 41.6 Å². The van der Waals surface area contributed by atoms with Gasteiger partial charge in [0.2, 0.25) is 0 Å². The molecule has 1 aromatic rings. The fraction of sp³-hybridized carbons (Fsp3) is 0.462. The molecule has 0 aliphatic heterocycles. The third-order valence-corrected chi connectivity index (χ3v) is 3.30. The Balaban J connectivity index is 2.10. The van der Waals surface area contributed by atoms with Crippen molar-refractivity contribution in [1.29, 1.82) is 0 Å². The maximum atomic E-state index is 11.9. The molecule has 2 rings (SSSR count). The summed E-state index contributed by atoms with van der Waals surface area (Å²) in [6.07, 6.45) is 4.47. The van der Waals surface area contributed by atoms with Gasteiger partial charge in [0.05, 0.1) is 5.56 Å². The zero-order chi connectivity index (χ0) is 11.5. The number of carbonyl (C=O) groups is 1. The van der Waals surface area contributed by atoms with Gasteiger partial charge in [0.25, 0.3) is 0 Å². The minimum atomic E-state index is -0.208. The molecule has 0 N–H and O–H groups in total. The minimum Gasteiger partial charge on any atom is -0.459 e. The van der Waals surface area contributed by atoms with E-state index < -0.39 is 0 Å². The van der Waals surface area contributed by atoms with Crippen molar-refractivity contribution in [2.45, 2.75) is 43.6 Å². The van der Waals surface area contributed by atoms with Gasteiger partial charge in [-0.3, -0.25) is 0 Å². The van der Waals surface area contributed by atoms with Crippen LogP contribution in [0.3, 0.4) is 0 Å². The highest BCUT2D eigenvalue weighted by atomic mass is 32.1. The lowest BCUT2D eigenvalue weighted by Gasteiger charge is -2.12. The molecule has 0 radical (unpaired) electrons. The molecule has 1 fully saturated rings. The van der Waals surface area contributed by atoms with E-state index in [0.717, 1.165) is 23.3 Å². The number of esters is 1. The molecule has 0 saturated heterocycles. The summed E-state index contributed by atoms with van der Waals surface area (Å²) >= 11 is 4.24. The molecule has 0 amide bonds. The lowest BCUT2D eigenvalue weighted by atomic mass is 10.1. The first-order valence-corrected chi connectivity index (χ1v) is 6.12. The quantitative estimate of drug-likeness (QED) is 0.629. The Kier molecular flexibility index (Phi) is 3.54. The number of hydrogen-bond donors (Lipinski definition) is 1. The zero-order valence-electron chi connectivity index (χ0n) is 9.40. The lowest BCUT2D eigenvalue weighted by molar-refractivity contribution is 0.0316. The van der Waals surface area contributed by atoms with Crippen LogP contribution in [0.5, 0.6) is 0 Å². The number of hydrogen-bond acceptors (Lipinski definition) is 3. The topological polar surface area (TPSA) is 26.3 Å². The third kappa shape index (κ3) is 2.59. The van der Waals surface area contributed by atoms with Gasteiger partial charge in [-0.05, 0) is 50.3 Å². The summed E-state index contributed by atoms with van der Waals surface area (Å²) in [5.74, 6) is -0.208. The molecule has 0 spiro atoms. The van der Waals surface area contributed by atoms with Crippen molar-refractivity contribution in [2.24, 2.45) is 0 Å². The molecular formula is C13H16O2S. The predicted octanol–water partition coefficient (Wildman–Crippen LogP) is 3.38. The van der Waals surface area contributed by atoms with Crippen LogP contribution in [0, 0.1) is 6.92 Å². The van der Waals surface area contributed by atoms with Crippen molar-refractivity contribution in [1.82, 2.24) is 0 Å². The molecule has 0 aromatic heterocycles. The average molecular weight is 236 g/mol. The molecule has 0 bridgehead atoms. The van der Waals surface area contributed by atoms with Gasteiger partial charge in [0, 0.05) is 4.90 Å². The Morgan fingerprint density at radius 2 is 2.06 bits per heavy atom. The van der Waals surface area contributed by atoms with Crippen LogP contribution in [-0.4, -0.2) is 12.1 Å². The Bertz CT molecular complexity index is 395. The van der Waals surface area contributed by atoms with Crippen LogP contribution < -0.4 is 0 Å². The highest BCUT2D eigenvalue weighted by molar-refractivity contribution is 7.80. The molecule has 1 saturated carbocycles. The molecule has 2 nitrogen and oxygen atoms in total. The van der Waals surface area contributed by atoms with Crippen LogP contribution in [0.2, 0.25) is 0 Å². The van der Waals surface area contributed by atoms with E-state index in [1.165, 1.54) is 12.8 Å². The highest BCUT2D eigenvalue weighted by Gasteiger charge is 2.20. The summed E-state index contributed by atoms with van der Waals surface area (Å²) in [5.41, 5.74) is 1.58. The Morgan fingerprint density at radius 3 is 2.75 bits per heavy atom. The predicted molar refractivity (Wildman–Crippen MR) is 66.1 cm³/mol. The average Bonchev–Trinajstić information content (AvgIpc) is 2.74. The summed E-state index contributed by atoms with van der Waals surface area (Å²) < 4.78 is 5.46. The molecule has 1 aliphatic rings. The smallest absolute Gasteiger partial charge is 0.338 e. The largest absolute Gasteiger partial charge is 0.459 e. The maximum absolute atomic E-state index is 11.9. The second-order valence-electron chi connectivity index (χ2n) is 4.31. The first kappa shape index (κ1) is 11.5. The van der Waals surface area contributed by atoms with Gasteiger partial charge in [0.1, 0.15) is 6.10 Å². The van der Waals surface area contributed by atoms with Gasteiger partial charge in [-0.25, -0.2) is 4.79 Å². The maximum Gasteiger partial charge on any atom is 0.338 e. The molecule has 1 aliphatic carbocycles. The molecule has 86 valence electrons. The van der Waals surface area contributed by atoms with Gasteiger partial charge in [0.15, 0.2) is 0 Å². The molecule has 3 heteroatoms. The Labute approximate surface area is 101 Å². The minimum absolute atomic E-state index is 0.121. The second kappa shape index (κ2) is 4.91. The zero-order valence-corrected chi connectivity index (χ0v) is 10.3. The Morgan fingerprint density at radius 1 is 1.38 bits per heavy atom. The van der Waals surface area contributed by atoms with E-state index in [4.69, 9.17) is 4.74 Å². The molecule has 0 unspecified atom stereocenters. The van der Waals surface area contributed by atoms with E-state index in [1.807, 2.05) is 19.1 Å². The molecule has 0 atom stereocenters. The summed E-state index contributed by atoms with van der Waals surface area (Å²) in [5, 5.41) is 0. The van der Waals surface area contributed by atoms with E-state index in [1.54, 1.807) is 6.07 Å². The summed E-state index contributed by atoms with van der Waals surface area (Å²) in [6.45, 7) is 1.92. The van der Waals surface area contributed by atoms with Crippen molar-refractivity contribution in [3.05, 3.63) is 29.3 Å². The first-order chi connectivity index (χ1) is 7.66. The van der Waals surface area contributed by atoms with Gasteiger partial charge in [-0.15, -0.1) is 12.6 Å². The van der Waals surface area contributed by atoms with E-state index in [2.05, 4.69) is 12.6 Å². The molecular weight excluding hydrogens is 220 g/mol. The fourth-order valence-corrected chi connectivity index (χ4v) is 2.25. The van der Waals surface area contributed by atoms with Gasteiger partial charge < -0.3 is 4.74 Å². The normalized spacial score (nSPS) is 16.4. The molecule has 0 heterocycles. The van der Waals surface area contributed by atoms with Crippen molar-refractivity contribution in [2.75, 3.05) is 0 Å². The first-order valence-electron chi connectivity index (χ1n) is 5.67. The third-order valence-electron chi connectivity index (χ3n) is 3.02. The van der Waals surface area contributed by atoms with Crippen molar-refractivity contribution in [3.63, 3.8) is 0 Å². The van der Waals surface area contributed by atoms with Crippen LogP contribution in [-0.2, 0) is 4.74 Å². The van der Waals surface area contributed by atoms with E-state index >= 15 is 0 Å². The number of benzene rings is 1. The van der Waals surface area contributed by atoms with Crippen LogP contribution in [0.4, 0.5) is 0 Å². The van der Waals surface area contributed by atoms with Crippen molar-refractivity contribution in [3.8, 4) is 0 Å². The number of thiol groups is 1. The summed E-state index contributed by atoms with van der Waals surface area (Å²) in [7, 11) is 0. The Hall–Kier alpha value is -0.960. The summed E-state index contributed by atoms with van der Waals surface area (Å²) in [4.78, 5) is 12.7. The molecule has 16 heavy (non-hydrogen) atoms. The standard InChI is InChI=1S/C13H16O2S/c1-9-6-7-11(16)8-12(9)13(14)15-10-4-2-3-5-10/h6-8,10,16H,2-5H2,1H3. The number of rotatable bonds is 2. The number of aryl methyl sites for hydroxylation is 1. The van der Waals surface area contributed by atoms with Gasteiger partial charge in [-0.1, -0.05) is 6.07 Å². The van der Waals surface area contributed by atoms with Gasteiger partial charge in [-0.2, -0.15) is 0 Å². The summed E-state index contributed by atoms with van der Waals surface area (Å²) in [6, 6.07) is 5.55. The van der Waals surface area contributed by atoms with Crippen molar-refractivity contribution >= 4 is 18.6 Å². The molecule has 1 aromatic carbocycles. The number of carbonyl (C=O) groups excluding carboxylic acids is 1. The number of ether oxygens (including phenoxy) is 1. The van der Waals surface area contributed by atoms with E-state index in [0.29, 0.717) is 5.56 Å². The van der Waals surface area contributed by atoms with Crippen LogP contribution in [0.15, 0.2) is 23.1 Å². The monoisotopic (exact) mass is 236 g/mol. The van der Waals surface area contributed by atoms with E-state index in [-0.39, 0.29) is 12.1 Å². The highest BCUT2D eigenvalue weighted by Crippen LogP contribution is 2.23.